The standard InChI is InChI=1S/C12H23NO3S.C2H6.H2/c1-8-6-7-10(16-11(8)14)9(2)13-17(15)12(3,4)5;1-2;/h8-10,13H,6-7H2,1-5H3;1-2H3;1H/t8?,9-,10+,17-;;/m1../s1. The summed E-state index contributed by atoms with van der Waals surface area (Å²) in [6.07, 6.45) is 1.52. The SMILES string of the molecule is CC.CC1CC[C@@H]([C@@H](C)N[S@](=O)C(C)(C)C)OC1=O.[HH]. The summed E-state index contributed by atoms with van der Waals surface area (Å²) in [5.41, 5.74) is 0. The Balaban J connectivity index is 0. The van der Waals surface area contributed by atoms with Crippen LogP contribution in [0.25, 0.3) is 0 Å². The topological polar surface area (TPSA) is 55.4 Å². The molecule has 0 amide bonds. The quantitative estimate of drug-likeness (QED) is 0.814. The maximum absolute atomic E-state index is 11.9. The van der Waals surface area contributed by atoms with Crippen LogP contribution in [0.15, 0.2) is 0 Å². The van der Waals surface area contributed by atoms with Gasteiger partial charge in [0.1, 0.15) is 6.10 Å². The minimum absolute atomic E-state index is 0. The highest BCUT2D eigenvalue weighted by molar-refractivity contribution is 7.84. The van der Waals surface area contributed by atoms with Crippen molar-refractivity contribution in [1.82, 2.24) is 4.72 Å². The van der Waals surface area contributed by atoms with Gasteiger partial charge in [-0.3, -0.25) is 4.79 Å². The molecule has 0 aliphatic carbocycles. The van der Waals surface area contributed by atoms with E-state index in [4.69, 9.17) is 4.74 Å². The second-order valence-corrected chi connectivity index (χ2v) is 7.74. The molecule has 0 aromatic carbocycles. The lowest BCUT2D eigenvalue weighted by atomic mass is 9.97. The van der Waals surface area contributed by atoms with E-state index in [2.05, 4.69) is 4.72 Å². The normalized spacial score (nSPS) is 26.8. The number of esters is 1. The Bertz CT molecular complexity index is 318. The van der Waals surface area contributed by atoms with Crippen LogP contribution < -0.4 is 4.72 Å². The van der Waals surface area contributed by atoms with Gasteiger partial charge >= 0.3 is 5.97 Å². The van der Waals surface area contributed by atoms with Gasteiger partial charge in [-0.25, -0.2) is 8.93 Å². The van der Waals surface area contributed by atoms with Crippen LogP contribution in [0, 0.1) is 5.92 Å². The first kappa shape index (κ1) is 18.6. The zero-order valence-corrected chi connectivity index (χ0v) is 14.1. The van der Waals surface area contributed by atoms with E-state index in [-0.39, 0.29) is 30.2 Å². The van der Waals surface area contributed by atoms with Gasteiger partial charge in [-0.1, -0.05) is 20.8 Å². The molecule has 0 radical (unpaired) electrons. The van der Waals surface area contributed by atoms with E-state index in [0.717, 1.165) is 12.8 Å². The van der Waals surface area contributed by atoms with Gasteiger partial charge in [0.25, 0.3) is 0 Å². The number of nitrogens with one attached hydrogen (secondary N) is 1. The first-order valence-corrected chi connectivity index (χ1v) is 8.25. The lowest BCUT2D eigenvalue weighted by Gasteiger charge is -2.32. The van der Waals surface area contributed by atoms with E-state index >= 15 is 0 Å². The Hall–Kier alpha value is -0.420. The summed E-state index contributed by atoms with van der Waals surface area (Å²) in [5, 5.41) is 0. The highest BCUT2D eigenvalue weighted by atomic mass is 32.2. The number of carbonyl (C=O) groups excluding carboxylic acids is 1. The number of carbonyl (C=O) groups is 1. The molecule has 19 heavy (non-hydrogen) atoms. The number of ether oxygens (including phenoxy) is 1. The highest BCUT2D eigenvalue weighted by Crippen LogP contribution is 2.22. The molecule has 1 saturated heterocycles. The maximum Gasteiger partial charge on any atom is 0.308 e. The predicted octanol–water partition coefficient (Wildman–Crippen LogP) is 3.04. The van der Waals surface area contributed by atoms with Gasteiger partial charge in [0.15, 0.2) is 0 Å². The largest absolute Gasteiger partial charge is 0.460 e. The maximum atomic E-state index is 11.9. The Labute approximate surface area is 121 Å². The fraction of sp³-hybridized carbons (Fsp3) is 0.929. The van der Waals surface area contributed by atoms with Crippen molar-refractivity contribution >= 4 is 17.0 Å². The zero-order chi connectivity index (χ0) is 15.2. The molecule has 1 heterocycles. The van der Waals surface area contributed by atoms with Crippen molar-refractivity contribution in [1.29, 1.82) is 0 Å². The molecule has 5 heteroatoms. The van der Waals surface area contributed by atoms with Crippen LogP contribution in [0.1, 0.15) is 62.7 Å². The molecule has 0 spiro atoms. The zero-order valence-electron chi connectivity index (χ0n) is 13.3. The van der Waals surface area contributed by atoms with Crippen LogP contribution in [0.3, 0.4) is 0 Å². The third-order valence-corrected chi connectivity index (χ3v) is 4.66. The first-order chi connectivity index (χ1) is 8.71. The van der Waals surface area contributed by atoms with E-state index in [1.807, 2.05) is 48.5 Å². The average molecular weight is 293 g/mol. The summed E-state index contributed by atoms with van der Waals surface area (Å²) < 4.78 is 20.0. The molecule has 0 aromatic heterocycles. The van der Waals surface area contributed by atoms with Crippen molar-refractivity contribution in [2.75, 3.05) is 0 Å². The van der Waals surface area contributed by atoms with Crippen molar-refractivity contribution in [3.8, 4) is 0 Å². The van der Waals surface area contributed by atoms with Gasteiger partial charge in [0.05, 0.1) is 27.7 Å². The van der Waals surface area contributed by atoms with Crippen LogP contribution in [0.4, 0.5) is 0 Å². The Morgan fingerprint density at radius 3 is 2.32 bits per heavy atom. The summed E-state index contributed by atoms with van der Waals surface area (Å²) in [6, 6.07) is -0.0773. The molecule has 1 N–H and O–H groups in total. The highest BCUT2D eigenvalue weighted by Gasteiger charge is 2.32. The van der Waals surface area contributed by atoms with Crippen LogP contribution in [0.5, 0.6) is 0 Å². The van der Waals surface area contributed by atoms with E-state index in [9.17, 15) is 9.00 Å². The summed E-state index contributed by atoms with van der Waals surface area (Å²) in [6.45, 7) is 13.5. The van der Waals surface area contributed by atoms with E-state index in [0.29, 0.717) is 0 Å². The lowest BCUT2D eigenvalue weighted by molar-refractivity contribution is -0.160. The monoisotopic (exact) mass is 293 g/mol. The van der Waals surface area contributed by atoms with Crippen molar-refractivity contribution in [2.45, 2.75) is 78.2 Å². The van der Waals surface area contributed by atoms with Crippen LogP contribution in [-0.4, -0.2) is 27.1 Å². The molecule has 1 unspecified atom stereocenters. The molecule has 0 aromatic rings. The molecule has 116 valence electrons. The van der Waals surface area contributed by atoms with Gasteiger partial charge in [0.2, 0.25) is 0 Å². The van der Waals surface area contributed by atoms with E-state index in [1.54, 1.807) is 0 Å². The van der Waals surface area contributed by atoms with Crippen molar-refractivity contribution in [3.63, 3.8) is 0 Å². The number of hydrogen-bond donors (Lipinski definition) is 1. The molecule has 4 atom stereocenters. The minimum atomic E-state index is -1.13. The molecule has 0 saturated carbocycles. The van der Waals surface area contributed by atoms with Crippen molar-refractivity contribution < 1.29 is 15.2 Å². The van der Waals surface area contributed by atoms with Gasteiger partial charge in [-0.15, -0.1) is 0 Å². The van der Waals surface area contributed by atoms with E-state index < -0.39 is 11.0 Å². The third-order valence-electron chi connectivity index (χ3n) is 2.96. The van der Waals surface area contributed by atoms with Crippen LogP contribution in [-0.2, 0) is 20.5 Å². The average Bonchev–Trinajstić information content (AvgIpc) is 2.33. The molecule has 4 nitrogen and oxygen atoms in total. The second-order valence-electron chi connectivity index (χ2n) is 5.74. The number of hydrogen-bond acceptors (Lipinski definition) is 3. The minimum Gasteiger partial charge on any atom is -0.460 e. The van der Waals surface area contributed by atoms with Gasteiger partial charge in [-0.2, -0.15) is 0 Å². The Morgan fingerprint density at radius 2 is 1.89 bits per heavy atom. The summed E-state index contributed by atoms with van der Waals surface area (Å²) in [4.78, 5) is 11.5. The predicted molar refractivity (Wildman–Crippen MR) is 82.2 cm³/mol. The van der Waals surface area contributed by atoms with Crippen LogP contribution in [0.2, 0.25) is 0 Å². The Kier molecular flexibility index (Phi) is 7.82. The molecule has 1 aliphatic rings. The third kappa shape index (κ3) is 6.04. The number of rotatable bonds is 3. The molecule has 1 aliphatic heterocycles. The number of cyclic esters (lactones) is 1. The molecular formula is C14H31NO3S. The fourth-order valence-corrected chi connectivity index (χ4v) is 2.47. The van der Waals surface area contributed by atoms with Crippen LogP contribution >= 0.6 is 0 Å². The van der Waals surface area contributed by atoms with Crippen molar-refractivity contribution in [2.24, 2.45) is 5.92 Å². The van der Waals surface area contributed by atoms with Gasteiger partial charge in [0, 0.05) is 1.43 Å². The summed E-state index contributed by atoms with van der Waals surface area (Å²) >= 11 is 0. The first-order valence-electron chi connectivity index (χ1n) is 7.10. The summed E-state index contributed by atoms with van der Waals surface area (Å²) in [5.74, 6) is -0.150. The lowest BCUT2D eigenvalue weighted by Crippen LogP contribution is -2.47. The molecule has 0 bridgehead atoms. The van der Waals surface area contributed by atoms with Gasteiger partial charge < -0.3 is 4.74 Å². The second kappa shape index (κ2) is 8.00. The molecule has 1 rings (SSSR count). The fourth-order valence-electron chi connectivity index (χ4n) is 1.63. The van der Waals surface area contributed by atoms with E-state index in [1.165, 1.54) is 0 Å². The molecule has 1 fully saturated rings. The van der Waals surface area contributed by atoms with Gasteiger partial charge in [-0.05, 0) is 40.5 Å². The van der Waals surface area contributed by atoms with Crippen molar-refractivity contribution in [3.05, 3.63) is 0 Å². The Morgan fingerprint density at radius 1 is 1.37 bits per heavy atom. The molecular weight excluding hydrogens is 262 g/mol. The summed E-state index contributed by atoms with van der Waals surface area (Å²) in [7, 11) is -1.13. The smallest absolute Gasteiger partial charge is 0.308 e.